The van der Waals surface area contributed by atoms with Crippen LogP contribution in [-0.2, 0) is 10.0 Å². The van der Waals surface area contributed by atoms with Gasteiger partial charge in [0.05, 0.1) is 17.1 Å². The van der Waals surface area contributed by atoms with Crippen LogP contribution in [0.25, 0.3) is 11.1 Å². The highest BCUT2D eigenvalue weighted by molar-refractivity contribution is 7.93. The predicted molar refractivity (Wildman–Crippen MR) is 111 cm³/mol. The van der Waals surface area contributed by atoms with Crippen molar-refractivity contribution >= 4 is 27.3 Å². The zero-order chi connectivity index (χ0) is 20.6. The number of halogens is 1. The number of hydrogen-bond donors (Lipinski definition) is 1. The lowest BCUT2D eigenvalue weighted by Crippen LogP contribution is -2.34. The molecule has 7 heteroatoms. The highest BCUT2D eigenvalue weighted by atomic mass is 32.2. The molecule has 3 aromatic carbocycles. The van der Waals surface area contributed by atoms with Crippen LogP contribution >= 0.6 is 0 Å². The third-order valence-electron chi connectivity index (χ3n) is 4.67. The number of amides is 1. The van der Waals surface area contributed by atoms with Crippen LogP contribution in [0.15, 0.2) is 84.3 Å². The molecule has 1 N–H and O–H groups in total. The van der Waals surface area contributed by atoms with E-state index in [1.165, 1.54) is 34.6 Å². The van der Waals surface area contributed by atoms with Gasteiger partial charge in [-0.1, -0.05) is 24.3 Å². The summed E-state index contributed by atoms with van der Waals surface area (Å²) in [6, 6.07) is 17.0. The molecule has 0 unspecified atom stereocenters. The zero-order valence-corrected chi connectivity index (χ0v) is 16.1. The summed E-state index contributed by atoms with van der Waals surface area (Å²) in [5, 5.41) is 2.72. The van der Waals surface area contributed by atoms with Crippen LogP contribution in [0.3, 0.4) is 0 Å². The minimum atomic E-state index is -3.72. The van der Waals surface area contributed by atoms with Gasteiger partial charge in [-0.15, -0.1) is 6.58 Å². The predicted octanol–water partition coefficient (Wildman–Crippen LogP) is 4.44. The molecular formula is C22H17FN2O3S. The number of rotatable bonds is 4. The topological polar surface area (TPSA) is 66.5 Å². The van der Waals surface area contributed by atoms with Crippen molar-refractivity contribution in [1.29, 1.82) is 0 Å². The first-order valence-corrected chi connectivity index (χ1v) is 10.3. The first kappa shape index (κ1) is 18.9. The highest BCUT2D eigenvalue weighted by Crippen LogP contribution is 2.43. The van der Waals surface area contributed by atoms with E-state index in [0.29, 0.717) is 28.1 Å². The quantitative estimate of drug-likeness (QED) is 0.649. The van der Waals surface area contributed by atoms with Gasteiger partial charge in [0.2, 0.25) is 0 Å². The van der Waals surface area contributed by atoms with Gasteiger partial charge in [-0.3, -0.25) is 9.10 Å². The maximum Gasteiger partial charge on any atom is 0.265 e. The Bertz CT molecular complexity index is 1220. The third kappa shape index (κ3) is 3.30. The van der Waals surface area contributed by atoms with Gasteiger partial charge in [-0.2, -0.15) is 0 Å². The van der Waals surface area contributed by atoms with Crippen molar-refractivity contribution in [2.24, 2.45) is 0 Å². The van der Waals surface area contributed by atoms with Crippen LogP contribution in [-0.4, -0.2) is 20.9 Å². The Morgan fingerprint density at radius 3 is 2.48 bits per heavy atom. The van der Waals surface area contributed by atoms with Crippen molar-refractivity contribution in [2.75, 3.05) is 16.2 Å². The fourth-order valence-electron chi connectivity index (χ4n) is 3.32. The van der Waals surface area contributed by atoms with E-state index in [2.05, 4.69) is 11.9 Å². The summed E-state index contributed by atoms with van der Waals surface area (Å²) in [5.41, 5.74) is 2.50. The lowest BCUT2D eigenvalue weighted by Gasteiger charge is -2.31. The molecule has 29 heavy (non-hydrogen) atoms. The standard InChI is InChI=1S/C22H17FN2O3S/c1-2-13-25-20-12-7-15(22(26)24-17-10-8-16(23)9-11-17)14-19(20)18-5-3-4-6-21(18)29(25,27)28/h2-12,14H,1,13H2,(H,24,26). The Labute approximate surface area is 168 Å². The molecule has 0 saturated heterocycles. The number of sulfonamides is 1. The molecule has 4 rings (SSSR count). The van der Waals surface area contributed by atoms with Crippen molar-refractivity contribution in [3.8, 4) is 11.1 Å². The monoisotopic (exact) mass is 408 g/mol. The molecular weight excluding hydrogens is 391 g/mol. The number of fused-ring (bicyclic) bond motifs is 3. The summed E-state index contributed by atoms with van der Waals surface area (Å²) in [4.78, 5) is 12.9. The van der Waals surface area contributed by atoms with Gasteiger partial charge in [-0.05, 0) is 48.5 Å². The smallest absolute Gasteiger partial charge is 0.265 e. The number of hydrogen-bond acceptors (Lipinski definition) is 3. The number of anilines is 2. The number of carbonyl (C=O) groups is 1. The Balaban J connectivity index is 1.79. The molecule has 0 atom stereocenters. The summed E-state index contributed by atoms with van der Waals surface area (Å²) >= 11 is 0. The van der Waals surface area contributed by atoms with Crippen molar-refractivity contribution in [1.82, 2.24) is 0 Å². The summed E-state index contributed by atoms with van der Waals surface area (Å²) < 4.78 is 40.4. The molecule has 1 heterocycles. The average Bonchev–Trinajstić information content (AvgIpc) is 2.72. The van der Waals surface area contributed by atoms with Crippen LogP contribution in [0.1, 0.15) is 10.4 Å². The fourth-order valence-corrected chi connectivity index (χ4v) is 4.99. The second-order valence-electron chi connectivity index (χ2n) is 6.51. The van der Waals surface area contributed by atoms with Crippen LogP contribution in [0.4, 0.5) is 15.8 Å². The maximum atomic E-state index is 13.1. The van der Waals surface area contributed by atoms with Gasteiger partial charge in [0, 0.05) is 22.4 Å². The van der Waals surface area contributed by atoms with Gasteiger partial charge >= 0.3 is 0 Å². The first-order chi connectivity index (χ1) is 13.9. The molecule has 0 aromatic heterocycles. The number of benzene rings is 3. The van der Waals surface area contributed by atoms with Crippen LogP contribution < -0.4 is 9.62 Å². The van der Waals surface area contributed by atoms with Gasteiger partial charge in [0.1, 0.15) is 5.82 Å². The lowest BCUT2D eigenvalue weighted by molar-refractivity contribution is 0.102. The van der Waals surface area contributed by atoms with E-state index >= 15 is 0 Å². The molecule has 5 nitrogen and oxygen atoms in total. The highest BCUT2D eigenvalue weighted by Gasteiger charge is 2.34. The van der Waals surface area contributed by atoms with Crippen molar-refractivity contribution in [3.05, 3.63) is 90.8 Å². The van der Waals surface area contributed by atoms with Crippen LogP contribution in [0.2, 0.25) is 0 Å². The van der Waals surface area contributed by atoms with E-state index in [4.69, 9.17) is 0 Å². The van der Waals surface area contributed by atoms with Gasteiger partial charge in [0.25, 0.3) is 15.9 Å². The Hall–Kier alpha value is -3.45. The average molecular weight is 408 g/mol. The molecule has 3 aromatic rings. The number of nitrogens with one attached hydrogen (secondary N) is 1. The second-order valence-corrected chi connectivity index (χ2v) is 8.34. The minimum Gasteiger partial charge on any atom is -0.322 e. The van der Waals surface area contributed by atoms with Crippen molar-refractivity contribution in [2.45, 2.75) is 4.90 Å². The molecule has 0 fully saturated rings. The van der Waals surface area contributed by atoms with Gasteiger partial charge in [-0.25, -0.2) is 12.8 Å². The van der Waals surface area contributed by atoms with E-state index in [0.717, 1.165) is 0 Å². The molecule has 146 valence electrons. The van der Waals surface area contributed by atoms with Crippen molar-refractivity contribution in [3.63, 3.8) is 0 Å². The van der Waals surface area contributed by atoms with Crippen LogP contribution in [0.5, 0.6) is 0 Å². The first-order valence-electron chi connectivity index (χ1n) is 8.86. The molecule has 1 aliphatic rings. The number of nitrogens with zero attached hydrogens (tertiary/aromatic N) is 1. The fraction of sp³-hybridized carbons (Fsp3) is 0.0455. The number of carbonyl (C=O) groups excluding carboxylic acids is 1. The van der Waals surface area contributed by atoms with E-state index < -0.39 is 15.8 Å². The molecule has 0 spiro atoms. The normalized spacial score (nSPS) is 13.9. The minimum absolute atomic E-state index is 0.116. The van der Waals surface area contributed by atoms with E-state index in [-0.39, 0.29) is 17.3 Å². The molecule has 0 saturated carbocycles. The lowest BCUT2D eigenvalue weighted by atomic mass is 10.00. The van der Waals surface area contributed by atoms with E-state index in [1.807, 2.05) is 0 Å². The zero-order valence-electron chi connectivity index (χ0n) is 15.3. The maximum absolute atomic E-state index is 13.1. The second kappa shape index (κ2) is 7.18. The molecule has 0 aliphatic carbocycles. The van der Waals surface area contributed by atoms with Crippen molar-refractivity contribution < 1.29 is 17.6 Å². The molecule has 1 aliphatic heterocycles. The Kier molecular flexibility index (Phi) is 4.68. The Morgan fingerprint density at radius 1 is 1.03 bits per heavy atom. The van der Waals surface area contributed by atoms with Crippen LogP contribution in [0, 0.1) is 5.82 Å². The molecule has 0 radical (unpaired) electrons. The van der Waals surface area contributed by atoms with Gasteiger partial charge in [0.15, 0.2) is 0 Å². The summed E-state index contributed by atoms with van der Waals surface area (Å²) in [7, 11) is -3.72. The van der Waals surface area contributed by atoms with E-state index in [9.17, 15) is 17.6 Å². The Morgan fingerprint density at radius 2 is 1.76 bits per heavy atom. The molecule has 0 bridgehead atoms. The summed E-state index contributed by atoms with van der Waals surface area (Å²) in [6.07, 6.45) is 1.52. The summed E-state index contributed by atoms with van der Waals surface area (Å²) in [6.45, 7) is 3.77. The SMILES string of the molecule is C=CCN1c2ccc(C(=O)Nc3ccc(F)cc3)cc2-c2ccccc2S1(=O)=O. The molecule has 1 amide bonds. The summed E-state index contributed by atoms with van der Waals surface area (Å²) in [5.74, 6) is -0.766. The van der Waals surface area contributed by atoms with Gasteiger partial charge < -0.3 is 5.32 Å². The third-order valence-corrected chi connectivity index (χ3v) is 6.51. The van der Waals surface area contributed by atoms with E-state index in [1.54, 1.807) is 42.5 Å². The largest absolute Gasteiger partial charge is 0.322 e.